The van der Waals surface area contributed by atoms with E-state index in [4.69, 9.17) is 14.9 Å². The molecule has 98 valence electrons. The summed E-state index contributed by atoms with van der Waals surface area (Å²) in [5.74, 6) is -0.887. The van der Waals surface area contributed by atoms with E-state index in [-0.39, 0.29) is 6.61 Å². The zero-order valence-corrected chi connectivity index (χ0v) is 10.1. The van der Waals surface area contributed by atoms with Gasteiger partial charge in [-0.2, -0.15) is 0 Å². The Balaban J connectivity index is 1.98. The highest BCUT2D eigenvalue weighted by Gasteiger charge is 2.19. The molecule has 2 N–H and O–H groups in total. The number of nitrogens with zero attached hydrogens (tertiary/aromatic N) is 1. The van der Waals surface area contributed by atoms with Crippen LogP contribution in [0.2, 0.25) is 0 Å². The molecule has 0 atom stereocenters. The first-order valence-corrected chi connectivity index (χ1v) is 6.02. The first kappa shape index (κ1) is 12.9. The lowest BCUT2D eigenvalue weighted by atomic mass is 10.1. The molecule has 0 saturated carbocycles. The maximum absolute atomic E-state index is 10.9. The van der Waals surface area contributed by atoms with E-state index >= 15 is 0 Å². The molecule has 0 unspecified atom stereocenters. The molecular formula is C13H17NO4. The second kappa shape index (κ2) is 5.84. The molecule has 0 fully saturated rings. The maximum atomic E-state index is 10.9. The number of aliphatic hydroxyl groups is 1. The van der Waals surface area contributed by atoms with Gasteiger partial charge < -0.3 is 19.8 Å². The molecule has 2 rings (SSSR count). The third kappa shape index (κ3) is 2.80. The molecule has 1 aromatic rings. The van der Waals surface area contributed by atoms with Gasteiger partial charge in [-0.1, -0.05) is 0 Å². The van der Waals surface area contributed by atoms with Crippen LogP contribution in [0.4, 0.5) is 5.69 Å². The number of carboxylic acid groups (broad SMARTS) is 1. The van der Waals surface area contributed by atoms with Gasteiger partial charge in [-0.15, -0.1) is 0 Å². The Hall–Kier alpha value is -1.59. The highest BCUT2D eigenvalue weighted by atomic mass is 16.5. The summed E-state index contributed by atoms with van der Waals surface area (Å²) in [4.78, 5) is 13.0. The summed E-state index contributed by atoms with van der Waals surface area (Å²) in [5, 5.41) is 17.5. The van der Waals surface area contributed by atoms with Gasteiger partial charge in [0.05, 0.1) is 25.4 Å². The van der Waals surface area contributed by atoms with Crippen molar-refractivity contribution < 1.29 is 19.7 Å². The summed E-state index contributed by atoms with van der Waals surface area (Å²) in [5.41, 5.74) is 2.51. The number of benzene rings is 1. The quantitative estimate of drug-likeness (QED) is 0.730. The average Bonchev–Trinajstić information content (AvgIpc) is 2.77. The Morgan fingerprint density at radius 2 is 2.22 bits per heavy atom. The summed E-state index contributed by atoms with van der Waals surface area (Å²) in [6.45, 7) is 2.62. The van der Waals surface area contributed by atoms with Gasteiger partial charge in [0.25, 0.3) is 0 Å². The SMILES string of the molecule is O=C(O)c1ccc2c(c1)CCN2CCOCCO. The van der Waals surface area contributed by atoms with Crippen LogP contribution in [0.25, 0.3) is 0 Å². The van der Waals surface area contributed by atoms with Gasteiger partial charge in [0.15, 0.2) is 0 Å². The lowest BCUT2D eigenvalue weighted by Crippen LogP contribution is -2.25. The smallest absolute Gasteiger partial charge is 0.335 e. The van der Waals surface area contributed by atoms with E-state index in [1.807, 2.05) is 6.07 Å². The second-order valence-electron chi connectivity index (χ2n) is 4.22. The molecule has 0 aromatic heterocycles. The Morgan fingerprint density at radius 1 is 1.39 bits per heavy atom. The minimum absolute atomic E-state index is 0.0402. The number of hydrogen-bond donors (Lipinski definition) is 2. The predicted molar refractivity (Wildman–Crippen MR) is 67.2 cm³/mol. The Morgan fingerprint density at radius 3 is 2.94 bits per heavy atom. The Labute approximate surface area is 106 Å². The van der Waals surface area contributed by atoms with Crippen molar-refractivity contribution in [2.45, 2.75) is 6.42 Å². The van der Waals surface area contributed by atoms with Crippen LogP contribution in [-0.2, 0) is 11.2 Å². The summed E-state index contributed by atoms with van der Waals surface area (Å²) in [7, 11) is 0. The largest absolute Gasteiger partial charge is 0.478 e. The molecular weight excluding hydrogens is 234 g/mol. The topological polar surface area (TPSA) is 70.0 Å². The number of ether oxygens (including phenoxy) is 1. The fraction of sp³-hybridized carbons (Fsp3) is 0.462. The number of aliphatic hydroxyl groups excluding tert-OH is 1. The monoisotopic (exact) mass is 251 g/mol. The molecule has 0 aliphatic carbocycles. The van der Waals surface area contributed by atoms with E-state index in [0.29, 0.717) is 18.8 Å². The van der Waals surface area contributed by atoms with Gasteiger partial charge in [0.2, 0.25) is 0 Å². The lowest BCUT2D eigenvalue weighted by molar-refractivity contribution is 0.0697. The summed E-state index contributed by atoms with van der Waals surface area (Å²) in [6, 6.07) is 5.23. The number of anilines is 1. The first-order valence-electron chi connectivity index (χ1n) is 6.02. The summed E-state index contributed by atoms with van der Waals surface area (Å²) < 4.78 is 5.24. The molecule has 0 spiro atoms. The van der Waals surface area contributed by atoms with Crippen LogP contribution >= 0.6 is 0 Å². The van der Waals surface area contributed by atoms with Crippen LogP contribution in [0.5, 0.6) is 0 Å². The van der Waals surface area contributed by atoms with Crippen LogP contribution in [0.1, 0.15) is 15.9 Å². The number of hydrogen-bond acceptors (Lipinski definition) is 4. The van der Waals surface area contributed by atoms with Gasteiger partial charge in [0.1, 0.15) is 0 Å². The number of aromatic carboxylic acids is 1. The standard InChI is InChI=1S/C13H17NO4/c15-6-8-18-7-5-14-4-3-10-9-11(13(16)17)1-2-12(10)14/h1-2,9,15H,3-8H2,(H,16,17). The van der Waals surface area contributed by atoms with Crippen molar-refractivity contribution in [1.82, 2.24) is 0 Å². The third-order valence-electron chi connectivity index (χ3n) is 3.06. The Bertz CT molecular complexity index is 433. The Kier molecular flexibility index (Phi) is 4.17. The number of fused-ring (bicyclic) bond motifs is 1. The van der Waals surface area contributed by atoms with Crippen LogP contribution in [0, 0.1) is 0 Å². The van der Waals surface area contributed by atoms with Crippen molar-refractivity contribution in [1.29, 1.82) is 0 Å². The first-order chi connectivity index (χ1) is 8.72. The van der Waals surface area contributed by atoms with Gasteiger partial charge in [-0.05, 0) is 30.2 Å². The van der Waals surface area contributed by atoms with Crippen molar-refractivity contribution >= 4 is 11.7 Å². The van der Waals surface area contributed by atoms with Crippen LogP contribution in [0.15, 0.2) is 18.2 Å². The molecule has 0 bridgehead atoms. The van der Waals surface area contributed by atoms with E-state index in [9.17, 15) is 4.79 Å². The third-order valence-corrected chi connectivity index (χ3v) is 3.06. The van der Waals surface area contributed by atoms with Crippen LogP contribution in [-0.4, -0.2) is 49.1 Å². The molecule has 1 heterocycles. The maximum Gasteiger partial charge on any atom is 0.335 e. The predicted octanol–water partition coefficient (Wildman–Crippen LogP) is 0.756. The molecule has 1 aliphatic heterocycles. The number of rotatable bonds is 6. The van der Waals surface area contributed by atoms with Crippen molar-refractivity contribution in [2.75, 3.05) is 37.8 Å². The molecule has 0 amide bonds. The fourth-order valence-corrected chi connectivity index (χ4v) is 2.18. The van der Waals surface area contributed by atoms with E-state index < -0.39 is 5.97 Å². The molecule has 18 heavy (non-hydrogen) atoms. The number of carbonyl (C=O) groups is 1. The van der Waals surface area contributed by atoms with E-state index in [1.54, 1.807) is 12.1 Å². The average molecular weight is 251 g/mol. The zero-order chi connectivity index (χ0) is 13.0. The minimum atomic E-state index is -0.887. The van der Waals surface area contributed by atoms with E-state index in [2.05, 4.69) is 4.90 Å². The summed E-state index contributed by atoms with van der Waals surface area (Å²) >= 11 is 0. The van der Waals surface area contributed by atoms with Gasteiger partial charge >= 0.3 is 5.97 Å². The second-order valence-corrected chi connectivity index (χ2v) is 4.22. The molecule has 5 heteroatoms. The normalized spacial score (nSPS) is 13.7. The van der Waals surface area contributed by atoms with Crippen molar-refractivity contribution in [3.8, 4) is 0 Å². The van der Waals surface area contributed by atoms with Crippen LogP contribution < -0.4 is 4.90 Å². The van der Waals surface area contributed by atoms with E-state index in [1.165, 1.54) is 0 Å². The molecule has 0 radical (unpaired) electrons. The van der Waals surface area contributed by atoms with Crippen molar-refractivity contribution in [3.05, 3.63) is 29.3 Å². The highest BCUT2D eigenvalue weighted by molar-refractivity contribution is 5.88. The molecule has 5 nitrogen and oxygen atoms in total. The van der Waals surface area contributed by atoms with E-state index in [0.717, 1.165) is 30.8 Å². The molecule has 0 saturated heterocycles. The zero-order valence-electron chi connectivity index (χ0n) is 10.1. The highest BCUT2D eigenvalue weighted by Crippen LogP contribution is 2.28. The van der Waals surface area contributed by atoms with Crippen molar-refractivity contribution in [2.24, 2.45) is 0 Å². The van der Waals surface area contributed by atoms with Crippen LogP contribution in [0.3, 0.4) is 0 Å². The molecule has 1 aliphatic rings. The minimum Gasteiger partial charge on any atom is -0.478 e. The van der Waals surface area contributed by atoms with Gasteiger partial charge in [-0.3, -0.25) is 0 Å². The summed E-state index contributed by atoms with van der Waals surface area (Å²) in [6.07, 6.45) is 0.871. The lowest BCUT2D eigenvalue weighted by Gasteiger charge is -2.19. The number of carboxylic acids is 1. The van der Waals surface area contributed by atoms with Crippen molar-refractivity contribution in [3.63, 3.8) is 0 Å². The molecule has 1 aromatic carbocycles. The van der Waals surface area contributed by atoms with Gasteiger partial charge in [0, 0.05) is 18.8 Å². The fourth-order valence-electron chi connectivity index (χ4n) is 2.18. The van der Waals surface area contributed by atoms with Gasteiger partial charge in [-0.25, -0.2) is 4.79 Å².